The Morgan fingerprint density at radius 1 is 0.324 bits per heavy atom. The quantitative estimate of drug-likeness (QED) is 0.131. The Kier molecular flexibility index (Phi) is 10.8. The fourth-order valence-corrected chi connectivity index (χ4v) is 12.0. The van der Waals surface area contributed by atoms with Crippen LogP contribution in [0.5, 0.6) is 0 Å². The molecule has 0 radical (unpaired) electrons. The van der Waals surface area contributed by atoms with Gasteiger partial charge in [0.1, 0.15) is 0 Å². The molecule has 0 amide bonds. The third kappa shape index (κ3) is 7.49. The Balaban J connectivity index is 0.912. The van der Waals surface area contributed by atoms with Crippen LogP contribution < -0.4 is 4.90 Å². The lowest BCUT2D eigenvalue weighted by Crippen LogP contribution is -2.16. The van der Waals surface area contributed by atoms with E-state index in [0.717, 1.165) is 42.7 Å². The van der Waals surface area contributed by atoms with Crippen molar-refractivity contribution in [3.8, 4) is 50.2 Å². The van der Waals surface area contributed by atoms with Gasteiger partial charge in [-0.2, -0.15) is 0 Å². The summed E-state index contributed by atoms with van der Waals surface area (Å²) < 4.78 is 2.45. The highest BCUT2D eigenvalue weighted by atomic mass is 15.1. The molecule has 0 atom stereocenters. The van der Waals surface area contributed by atoms with Crippen LogP contribution in [0.3, 0.4) is 0 Å². The van der Waals surface area contributed by atoms with E-state index in [0.29, 0.717) is 0 Å². The Hall–Kier alpha value is -9.24. The summed E-state index contributed by atoms with van der Waals surface area (Å²) >= 11 is 0. The van der Waals surface area contributed by atoms with Crippen molar-refractivity contribution in [1.82, 2.24) is 4.57 Å². The first-order valence-corrected chi connectivity index (χ1v) is 26.1. The van der Waals surface area contributed by atoms with Crippen molar-refractivity contribution < 1.29 is 0 Å². The van der Waals surface area contributed by atoms with Gasteiger partial charge in [0.15, 0.2) is 0 Å². The highest BCUT2D eigenvalue weighted by Gasteiger charge is 2.23. The molecule has 0 saturated carbocycles. The fourth-order valence-electron chi connectivity index (χ4n) is 12.0. The number of benzene rings is 11. The van der Waals surface area contributed by atoms with Gasteiger partial charge in [-0.3, -0.25) is 0 Å². The van der Waals surface area contributed by atoms with Crippen LogP contribution in [0, 0.1) is 0 Å². The predicted octanol–water partition coefficient (Wildman–Crippen LogP) is 20.0. The van der Waals surface area contributed by atoms with Crippen LogP contribution in [0.2, 0.25) is 0 Å². The van der Waals surface area contributed by atoms with Gasteiger partial charge < -0.3 is 9.47 Å². The molecule has 0 unspecified atom stereocenters. The van der Waals surface area contributed by atoms with Gasteiger partial charge >= 0.3 is 0 Å². The maximum absolute atomic E-state index is 2.47. The minimum absolute atomic E-state index is 0.996. The minimum atomic E-state index is 0.996. The van der Waals surface area contributed by atoms with Crippen LogP contribution in [-0.4, -0.2) is 4.57 Å². The second kappa shape index (κ2) is 18.4. The molecular weight excluding hydrogens is 893 g/mol. The first-order chi connectivity index (χ1) is 36.7. The van der Waals surface area contributed by atoms with Gasteiger partial charge in [0.05, 0.1) is 16.7 Å². The average molecular weight is 945 g/mol. The Bertz CT molecular complexity index is 4220. The van der Waals surface area contributed by atoms with Crippen LogP contribution in [0.15, 0.2) is 273 Å². The summed E-state index contributed by atoms with van der Waals surface area (Å²) in [4.78, 5) is 2.47. The number of rotatable bonds is 9. The topological polar surface area (TPSA) is 8.17 Å². The molecule has 0 spiro atoms. The smallest absolute Gasteiger partial charge is 0.0541 e. The number of anilines is 2. The molecule has 11 aromatic carbocycles. The molecule has 0 aliphatic heterocycles. The zero-order valence-corrected chi connectivity index (χ0v) is 41.1. The molecule has 14 rings (SSSR count). The molecule has 1 aromatic heterocycles. The Morgan fingerprint density at radius 2 is 0.851 bits per heavy atom. The first-order valence-electron chi connectivity index (χ1n) is 26.1. The minimum Gasteiger partial charge on any atom is -0.310 e. The van der Waals surface area contributed by atoms with Gasteiger partial charge in [-0.05, 0) is 175 Å². The molecule has 2 nitrogen and oxygen atoms in total. The third-order valence-electron chi connectivity index (χ3n) is 15.4. The van der Waals surface area contributed by atoms with Gasteiger partial charge in [-0.1, -0.05) is 200 Å². The molecule has 1 heterocycles. The van der Waals surface area contributed by atoms with Gasteiger partial charge in [-0.25, -0.2) is 0 Å². The molecule has 74 heavy (non-hydrogen) atoms. The number of allylic oxidation sites excluding steroid dienone is 7. The van der Waals surface area contributed by atoms with Gasteiger partial charge in [0.2, 0.25) is 0 Å². The van der Waals surface area contributed by atoms with E-state index >= 15 is 0 Å². The molecule has 0 bridgehead atoms. The predicted molar refractivity (Wildman–Crippen MR) is 316 cm³/mol. The lowest BCUT2D eigenvalue weighted by atomic mass is 9.84. The van der Waals surface area contributed by atoms with Crippen molar-refractivity contribution in [3.63, 3.8) is 0 Å². The van der Waals surface area contributed by atoms with E-state index in [-0.39, 0.29) is 0 Å². The lowest BCUT2D eigenvalue weighted by Gasteiger charge is -2.29. The van der Waals surface area contributed by atoms with Crippen molar-refractivity contribution >= 4 is 71.1 Å². The standard InChI is InChI=1S/C72H52N2/c1-5-20-49(21-6-1)52-26-17-27-55(46-52)71-62-30-13-15-32-64(62)72(65-33-16-14-31-63(65)71)61-36-18-35-60-59(61)34-19-37-68(60)73(56-28-11-4-12-29-56)57-40-42-58(43-41-57)74-69-44-38-53(50-22-7-2-8-23-50)47-66(69)67-48-54(39-45-70(67)74)51-24-9-3-10-25-51/h1-2,5-9,11,13-48H,3-4,10,12H2. The normalized spacial score (nSPS) is 13.5. The van der Waals surface area contributed by atoms with Gasteiger partial charge in [0.25, 0.3) is 0 Å². The first kappa shape index (κ1) is 43.5. The Morgan fingerprint density at radius 3 is 1.50 bits per heavy atom. The highest BCUT2D eigenvalue weighted by Crippen LogP contribution is 2.48. The van der Waals surface area contributed by atoms with E-state index in [9.17, 15) is 0 Å². The van der Waals surface area contributed by atoms with Crippen molar-refractivity contribution in [2.45, 2.75) is 25.7 Å². The Labute approximate surface area is 432 Å². The number of hydrogen-bond acceptors (Lipinski definition) is 1. The largest absolute Gasteiger partial charge is 0.310 e. The number of fused-ring (bicyclic) bond motifs is 6. The van der Waals surface area contributed by atoms with E-state index in [1.165, 1.54) is 115 Å². The molecular formula is C72H52N2. The van der Waals surface area contributed by atoms with Crippen molar-refractivity contribution in [1.29, 1.82) is 0 Å². The van der Waals surface area contributed by atoms with Gasteiger partial charge in [-0.15, -0.1) is 0 Å². The number of aromatic nitrogens is 1. The summed E-state index contributed by atoms with van der Waals surface area (Å²) in [6, 6.07) is 85.6. The second-order valence-corrected chi connectivity index (χ2v) is 19.7. The maximum atomic E-state index is 2.47. The SMILES string of the molecule is C1=CC(c2ccc3c(c2)c2cc(-c4ccccc4)ccc2n3-c2ccc(N(C3=CCCC=C3)c3cccc4c(-c5c6ccccc6c(-c6cccc(-c7ccccc7)c6)c6ccccc56)cccc34)cc2)=CCC1. The third-order valence-corrected chi connectivity index (χ3v) is 15.4. The molecule has 0 N–H and O–H groups in total. The summed E-state index contributed by atoms with van der Waals surface area (Å²) in [5.74, 6) is 0. The molecule has 0 fully saturated rings. The van der Waals surface area contributed by atoms with Gasteiger partial charge in [0, 0.05) is 33.2 Å². The van der Waals surface area contributed by atoms with Crippen LogP contribution >= 0.6 is 0 Å². The monoisotopic (exact) mass is 944 g/mol. The molecule has 12 aromatic rings. The van der Waals surface area contributed by atoms with Crippen molar-refractivity contribution in [2.75, 3.05) is 4.90 Å². The lowest BCUT2D eigenvalue weighted by molar-refractivity contribution is 0.998. The van der Waals surface area contributed by atoms with Crippen LogP contribution in [0.1, 0.15) is 31.2 Å². The average Bonchev–Trinajstić information content (AvgIpc) is 3.81. The maximum Gasteiger partial charge on any atom is 0.0541 e. The van der Waals surface area contributed by atoms with Crippen molar-refractivity contribution in [3.05, 3.63) is 278 Å². The van der Waals surface area contributed by atoms with Crippen LogP contribution in [0.4, 0.5) is 11.4 Å². The molecule has 2 heteroatoms. The fraction of sp³-hybridized carbons (Fsp3) is 0.0556. The molecule has 2 aliphatic rings. The summed E-state index contributed by atoms with van der Waals surface area (Å²) in [7, 11) is 0. The van der Waals surface area contributed by atoms with E-state index in [1.54, 1.807) is 0 Å². The summed E-state index contributed by atoms with van der Waals surface area (Å²) in [5, 5.41) is 9.93. The molecule has 350 valence electrons. The molecule has 0 saturated heterocycles. The molecule has 2 aliphatic carbocycles. The van der Waals surface area contributed by atoms with Crippen molar-refractivity contribution in [2.24, 2.45) is 0 Å². The highest BCUT2D eigenvalue weighted by molar-refractivity contribution is 6.24. The van der Waals surface area contributed by atoms with E-state index in [1.807, 2.05) is 0 Å². The summed E-state index contributed by atoms with van der Waals surface area (Å²) in [6.07, 6.45) is 18.2. The summed E-state index contributed by atoms with van der Waals surface area (Å²) in [5.41, 5.74) is 19.4. The zero-order chi connectivity index (χ0) is 49.0. The zero-order valence-electron chi connectivity index (χ0n) is 41.1. The number of hydrogen-bond donors (Lipinski definition) is 0. The number of nitrogens with zero attached hydrogens (tertiary/aromatic N) is 2. The second-order valence-electron chi connectivity index (χ2n) is 19.7. The van der Waals surface area contributed by atoms with Crippen LogP contribution in [0.25, 0.3) is 110 Å². The summed E-state index contributed by atoms with van der Waals surface area (Å²) in [6.45, 7) is 0. The van der Waals surface area contributed by atoms with E-state index < -0.39 is 0 Å². The van der Waals surface area contributed by atoms with Crippen LogP contribution in [-0.2, 0) is 0 Å². The van der Waals surface area contributed by atoms with E-state index in [2.05, 4.69) is 276 Å². The van der Waals surface area contributed by atoms with E-state index in [4.69, 9.17) is 0 Å².